The van der Waals surface area contributed by atoms with E-state index in [9.17, 15) is 9.59 Å². The first-order chi connectivity index (χ1) is 17.2. The third-order valence-corrected chi connectivity index (χ3v) is 6.67. The summed E-state index contributed by atoms with van der Waals surface area (Å²) in [6.45, 7) is 2.65. The van der Waals surface area contributed by atoms with Gasteiger partial charge in [-0.1, -0.05) is 54.6 Å². The van der Waals surface area contributed by atoms with Crippen molar-refractivity contribution < 1.29 is 14.3 Å². The number of hydrogen-bond acceptors (Lipinski definition) is 3. The zero-order valence-electron chi connectivity index (χ0n) is 19.3. The first-order valence-corrected chi connectivity index (χ1v) is 11.8. The van der Waals surface area contributed by atoms with E-state index in [0.29, 0.717) is 31.9 Å². The summed E-state index contributed by atoms with van der Waals surface area (Å²) in [6.07, 6.45) is 3.94. The number of benzene rings is 3. The molecule has 2 amide bonds. The first-order valence-electron chi connectivity index (χ1n) is 11.8. The van der Waals surface area contributed by atoms with Crippen molar-refractivity contribution in [3.05, 3.63) is 96.2 Å². The Hall–Kier alpha value is -4.16. The molecular formula is C29H25N3O3. The Morgan fingerprint density at radius 2 is 1.60 bits per heavy atom. The molecular weight excluding hydrogens is 438 g/mol. The van der Waals surface area contributed by atoms with Crippen LogP contribution >= 0.6 is 0 Å². The molecule has 6 nitrogen and oxygen atoms in total. The van der Waals surface area contributed by atoms with E-state index in [0.717, 1.165) is 33.4 Å². The lowest BCUT2D eigenvalue weighted by Gasteiger charge is -2.27. The van der Waals surface area contributed by atoms with Gasteiger partial charge in [-0.15, -0.1) is 0 Å². The maximum absolute atomic E-state index is 13.7. The molecule has 4 aromatic rings. The van der Waals surface area contributed by atoms with Crippen molar-refractivity contribution in [1.82, 2.24) is 9.47 Å². The van der Waals surface area contributed by atoms with Crippen molar-refractivity contribution in [1.29, 1.82) is 0 Å². The number of nitrogens with zero attached hydrogens (tertiary/aromatic N) is 3. The molecule has 3 heterocycles. The number of hydrogen-bond donors (Lipinski definition) is 0. The molecule has 174 valence electrons. The van der Waals surface area contributed by atoms with Crippen LogP contribution in [-0.4, -0.2) is 47.6 Å². The number of aromatic nitrogens is 1. The van der Waals surface area contributed by atoms with Crippen LogP contribution in [-0.2, 0) is 20.9 Å². The summed E-state index contributed by atoms with van der Waals surface area (Å²) >= 11 is 0. The lowest BCUT2D eigenvalue weighted by molar-refractivity contribution is -0.135. The Kier molecular flexibility index (Phi) is 5.43. The molecule has 0 radical (unpaired) electrons. The van der Waals surface area contributed by atoms with E-state index in [4.69, 9.17) is 4.74 Å². The number of carbonyl (C=O) groups excluding carboxylic acids is 2. The SMILES string of the molecule is O=C(Cn1cc(/C=C2/C(=O)N(c3ccccc3)c3ccccc32)c2ccccc21)N1CCOCC1. The normalized spacial score (nSPS) is 16.8. The van der Waals surface area contributed by atoms with Crippen LogP contribution in [0.2, 0.25) is 0 Å². The Morgan fingerprint density at radius 1 is 0.886 bits per heavy atom. The number of para-hydroxylation sites is 3. The van der Waals surface area contributed by atoms with Crippen LogP contribution in [0, 0.1) is 0 Å². The number of rotatable bonds is 4. The average Bonchev–Trinajstić information content (AvgIpc) is 3.40. The van der Waals surface area contributed by atoms with Crippen LogP contribution in [0.4, 0.5) is 11.4 Å². The van der Waals surface area contributed by atoms with E-state index in [1.165, 1.54) is 0 Å². The quantitative estimate of drug-likeness (QED) is 0.412. The minimum atomic E-state index is -0.0568. The minimum Gasteiger partial charge on any atom is -0.378 e. The van der Waals surface area contributed by atoms with Crippen molar-refractivity contribution in [2.75, 3.05) is 31.2 Å². The fourth-order valence-corrected chi connectivity index (χ4v) is 4.95. The second kappa shape index (κ2) is 8.89. The van der Waals surface area contributed by atoms with Crippen LogP contribution in [0.1, 0.15) is 11.1 Å². The van der Waals surface area contributed by atoms with Crippen LogP contribution in [0.5, 0.6) is 0 Å². The molecule has 2 aliphatic rings. The van der Waals surface area contributed by atoms with E-state index >= 15 is 0 Å². The predicted octanol–water partition coefficient (Wildman–Crippen LogP) is 4.72. The van der Waals surface area contributed by atoms with Gasteiger partial charge in [0.15, 0.2) is 0 Å². The van der Waals surface area contributed by atoms with E-state index in [1.54, 1.807) is 4.90 Å². The smallest absolute Gasteiger partial charge is 0.263 e. The summed E-state index contributed by atoms with van der Waals surface area (Å²) in [4.78, 5) is 30.2. The van der Waals surface area contributed by atoms with Crippen LogP contribution in [0.15, 0.2) is 85.1 Å². The molecule has 1 saturated heterocycles. The molecule has 35 heavy (non-hydrogen) atoms. The number of morpholine rings is 1. The number of ether oxygens (including phenoxy) is 1. The van der Waals surface area contributed by atoms with Gasteiger partial charge in [0.25, 0.3) is 5.91 Å². The molecule has 0 bridgehead atoms. The van der Waals surface area contributed by atoms with Gasteiger partial charge in [-0.25, -0.2) is 0 Å². The number of anilines is 2. The van der Waals surface area contributed by atoms with Crippen molar-refractivity contribution in [3.8, 4) is 0 Å². The highest BCUT2D eigenvalue weighted by Crippen LogP contribution is 2.42. The zero-order valence-corrected chi connectivity index (χ0v) is 19.3. The lowest BCUT2D eigenvalue weighted by Crippen LogP contribution is -2.42. The molecule has 0 unspecified atom stereocenters. The molecule has 6 heteroatoms. The van der Waals surface area contributed by atoms with Crippen LogP contribution in [0.3, 0.4) is 0 Å². The minimum absolute atomic E-state index is 0.0568. The standard InChI is InChI=1S/C29H25N3O3/c33-28(30-14-16-35-17-15-30)20-31-19-21(23-10-4-6-12-26(23)31)18-25-24-11-5-7-13-27(24)32(29(25)34)22-8-2-1-3-9-22/h1-13,18-19H,14-17,20H2/b25-18+. The highest BCUT2D eigenvalue weighted by atomic mass is 16.5. The van der Waals surface area contributed by atoms with Crippen molar-refractivity contribution in [3.63, 3.8) is 0 Å². The van der Waals surface area contributed by atoms with Gasteiger partial charge in [-0.05, 0) is 30.3 Å². The van der Waals surface area contributed by atoms with Gasteiger partial charge in [0.2, 0.25) is 5.91 Å². The Labute approximate surface area is 203 Å². The first kappa shape index (κ1) is 21.4. The second-order valence-corrected chi connectivity index (χ2v) is 8.77. The average molecular weight is 464 g/mol. The van der Waals surface area contributed by atoms with E-state index in [2.05, 4.69) is 0 Å². The summed E-state index contributed by atoms with van der Waals surface area (Å²) in [5.41, 5.74) is 5.16. The van der Waals surface area contributed by atoms with Gasteiger partial charge in [0.05, 0.1) is 24.5 Å². The predicted molar refractivity (Wildman–Crippen MR) is 137 cm³/mol. The van der Waals surface area contributed by atoms with Crippen molar-refractivity contribution in [2.45, 2.75) is 6.54 Å². The third-order valence-electron chi connectivity index (χ3n) is 6.67. The molecule has 1 aromatic heterocycles. The molecule has 0 atom stereocenters. The summed E-state index contributed by atoms with van der Waals surface area (Å²) in [7, 11) is 0. The Morgan fingerprint density at radius 3 is 2.43 bits per heavy atom. The number of amides is 2. The molecule has 0 saturated carbocycles. The van der Waals surface area contributed by atoms with E-state index in [1.807, 2.05) is 101 Å². The van der Waals surface area contributed by atoms with Gasteiger partial charge in [0, 0.05) is 47.0 Å². The fraction of sp³-hybridized carbons (Fsp3) is 0.172. The van der Waals surface area contributed by atoms with E-state index in [-0.39, 0.29) is 18.4 Å². The summed E-state index contributed by atoms with van der Waals surface area (Å²) < 4.78 is 7.37. The molecule has 6 rings (SSSR count). The Balaban J connectivity index is 1.41. The monoisotopic (exact) mass is 463 g/mol. The largest absolute Gasteiger partial charge is 0.378 e. The summed E-state index contributed by atoms with van der Waals surface area (Å²) in [5, 5.41) is 1.01. The van der Waals surface area contributed by atoms with Crippen LogP contribution in [0.25, 0.3) is 22.6 Å². The number of carbonyl (C=O) groups is 2. The topological polar surface area (TPSA) is 54.8 Å². The molecule has 0 aliphatic carbocycles. The second-order valence-electron chi connectivity index (χ2n) is 8.77. The molecule has 0 N–H and O–H groups in total. The maximum Gasteiger partial charge on any atom is 0.263 e. The highest BCUT2D eigenvalue weighted by Gasteiger charge is 2.33. The molecule has 3 aromatic carbocycles. The Bertz CT molecular complexity index is 1450. The number of fused-ring (bicyclic) bond motifs is 2. The van der Waals surface area contributed by atoms with Gasteiger partial charge in [0.1, 0.15) is 6.54 Å². The van der Waals surface area contributed by atoms with Gasteiger partial charge >= 0.3 is 0 Å². The fourth-order valence-electron chi connectivity index (χ4n) is 4.95. The summed E-state index contributed by atoms with van der Waals surface area (Å²) in [6, 6.07) is 25.6. The van der Waals surface area contributed by atoms with Gasteiger partial charge in [-0.2, -0.15) is 0 Å². The zero-order chi connectivity index (χ0) is 23.8. The van der Waals surface area contributed by atoms with Crippen molar-refractivity contribution >= 4 is 45.7 Å². The highest BCUT2D eigenvalue weighted by molar-refractivity contribution is 6.38. The van der Waals surface area contributed by atoms with Gasteiger partial charge < -0.3 is 14.2 Å². The lowest BCUT2D eigenvalue weighted by atomic mass is 10.0. The van der Waals surface area contributed by atoms with Gasteiger partial charge in [-0.3, -0.25) is 14.5 Å². The van der Waals surface area contributed by atoms with E-state index < -0.39 is 0 Å². The van der Waals surface area contributed by atoms with Crippen molar-refractivity contribution in [2.24, 2.45) is 0 Å². The molecule has 0 spiro atoms. The maximum atomic E-state index is 13.7. The third kappa shape index (κ3) is 3.82. The molecule has 1 fully saturated rings. The van der Waals surface area contributed by atoms with Crippen LogP contribution < -0.4 is 4.90 Å². The molecule has 2 aliphatic heterocycles. The summed E-state index contributed by atoms with van der Waals surface area (Å²) in [5.74, 6) is 0.0180.